The lowest BCUT2D eigenvalue weighted by molar-refractivity contribution is -0.119. The molecule has 0 atom stereocenters. The third-order valence-electron chi connectivity index (χ3n) is 2.91. The zero-order valence-electron chi connectivity index (χ0n) is 11.1. The number of nitrogen functional groups attached to an aromatic ring is 1. The van der Waals surface area contributed by atoms with Gasteiger partial charge in [-0.25, -0.2) is 0 Å². The number of carbonyl (C=O) groups excluding carboxylic acids is 1. The van der Waals surface area contributed by atoms with E-state index in [4.69, 9.17) is 16.2 Å². The lowest BCUT2D eigenvalue weighted by Gasteiger charge is -2.05. The fourth-order valence-corrected chi connectivity index (χ4v) is 2.03. The molecule has 0 aliphatic rings. The highest BCUT2D eigenvalue weighted by Crippen LogP contribution is 2.24. The Bertz CT molecular complexity index is 812. The summed E-state index contributed by atoms with van der Waals surface area (Å²) in [4.78, 5) is 10.8. The van der Waals surface area contributed by atoms with E-state index in [9.17, 15) is 4.79 Å². The highest BCUT2D eigenvalue weighted by molar-refractivity contribution is 5.75. The van der Waals surface area contributed by atoms with Crippen molar-refractivity contribution in [3.05, 3.63) is 42.6 Å². The first-order chi connectivity index (χ1) is 10.1. The van der Waals surface area contributed by atoms with Gasteiger partial charge in [0, 0.05) is 17.4 Å². The molecule has 2 heterocycles. The molecule has 2 aromatic heterocycles. The summed E-state index contributed by atoms with van der Waals surface area (Å²) in [6.07, 6.45) is 1.81. The largest absolute Gasteiger partial charge is 0.480 e. The van der Waals surface area contributed by atoms with Crippen LogP contribution in [0.5, 0.6) is 5.75 Å². The van der Waals surface area contributed by atoms with Crippen molar-refractivity contribution in [3.8, 4) is 17.1 Å². The minimum absolute atomic E-state index is 0.208. The smallest absolute Gasteiger partial charge is 0.255 e. The number of amides is 1. The van der Waals surface area contributed by atoms with Crippen LogP contribution in [0.25, 0.3) is 17.0 Å². The predicted octanol–water partition coefficient (Wildman–Crippen LogP) is 0.843. The van der Waals surface area contributed by atoms with Gasteiger partial charge in [0.1, 0.15) is 0 Å². The van der Waals surface area contributed by atoms with E-state index in [-0.39, 0.29) is 6.61 Å². The van der Waals surface area contributed by atoms with Crippen molar-refractivity contribution in [2.75, 3.05) is 12.3 Å². The van der Waals surface area contributed by atoms with Gasteiger partial charge in [-0.3, -0.25) is 9.20 Å². The number of benzene rings is 1. The average Bonchev–Trinajstić information content (AvgIpc) is 2.89. The molecule has 0 aliphatic heterocycles. The summed E-state index contributed by atoms with van der Waals surface area (Å²) >= 11 is 0. The number of aromatic nitrogens is 3. The van der Waals surface area contributed by atoms with Crippen LogP contribution < -0.4 is 16.2 Å². The summed E-state index contributed by atoms with van der Waals surface area (Å²) in [5.41, 5.74) is 12.9. The standard InChI is InChI=1S/C14H13N5O2/c15-10-4-1-3-9(7-10)13-17-18-14-11(21-8-12(16)20)5-2-6-19(13)14/h1-7H,8,15H2,(H2,16,20). The molecule has 0 spiro atoms. The molecule has 106 valence electrons. The molecule has 0 unspecified atom stereocenters. The van der Waals surface area contributed by atoms with Crippen molar-refractivity contribution >= 4 is 17.2 Å². The molecular weight excluding hydrogens is 270 g/mol. The van der Waals surface area contributed by atoms with Gasteiger partial charge in [-0.05, 0) is 24.3 Å². The van der Waals surface area contributed by atoms with Crippen molar-refractivity contribution in [1.29, 1.82) is 0 Å². The van der Waals surface area contributed by atoms with Crippen LogP contribution in [-0.2, 0) is 4.79 Å². The van der Waals surface area contributed by atoms with Gasteiger partial charge in [0.2, 0.25) is 5.65 Å². The molecule has 0 saturated carbocycles. The third-order valence-corrected chi connectivity index (χ3v) is 2.91. The zero-order valence-corrected chi connectivity index (χ0v) is 11.1. The predicted molar refractivity (Wildman–Crippen MR) is 77.5 cm³/mol. The quantitative estimate of drug-likeness (QED) is 0.690. The van der Waals surface area contributed by atoms with E-state index < -0.39 is 5.91 Å². The molecule has 0 fully saturated rings. The minimum Gasteiger partial charge on any atom is -0.480 e. The summed E-state index contributed by atoms with van der Waals surface area (Å²) in [5, 5.41) is 8.25. The zero-order chi connectivity index (χ0) is 14.8. The Balaban J connectivity index is 2.06. The molecular formula is C14H13N5O2. The van der Waals surface area contributed by atoms with E-state index >= 15 is 0 Å². The molecule has 1 aromatic carbocycles. The van der Waals surface area contributed by atoms with Gasteiger partial charge in [0.15, 0.2) is 18.2 Å². The van der Waals surface area contributed by atoms with E-state index in [0.717, 1.165) is 5.56 Å². The van der Waals surface area contributed by atoms with Crippen LogP contribution in [0.15, 0.2) is 42.6 Å². The molecule has 7 heteroatoms. The van der Waals surface area contributed by atoms with Crippen molar-refractivity contribution in [2.24, 2.45) is 5.73 Å². The molecule has 0 aliphatic carbocycles. The van der Waals surface area contributed by atoms with Gasteiger partial charge in [-0.1, -0.05) is 12.1 Å². The van der Waals surface area contributed by atoms with Crippen LogP contribution >= 0.6 is 0 Å². The van der Waals surface area contributed by atoms with E-state index in [1.54, 1.807) is 22.6 Å². The Morgan fingerprint density at radius 3 is 2.86 bits per heavy atom. The monoisotopic (exact) mass is 283 g/mol. The van der Waals surface area contributed by atoms with Crippen molar-refractivity contribution in [2.45, 2.75) is 0 Å². The molecule has 4 N–H and O–H groups in total. The van der Waals surface area contributed by atoms with Gasteiger partial charge in [-0.15, -0.1) is 10.2 Å². The summed E-state index contributed by atoms with van der Waals surface area (Å²) in [6.45, 7) is -0.208. The maximum Gasteiger partial charge on any atom is 0.255 e. The molecule has 3 aromatic rings. The number of pyridine rings is 1. The number of rotatable bonds is 4. The Labute approximate surface area is 120 Å². The second-order valence-electron chi connectivity index (χ2n) is 4.47. The van der Waals surface area contributed by atoms with Gasteiger partial charge >= 0.3 is 0 Å². The molecule has 7 nitrogen and oxygen atoms in total. The topological polar surface area (TPSA) is 109 Å². The first kappa shape index (κ1) is 12.9. The van der Waals surface area contributed by atoms with Crippen LogP contribution in [0.3, 0.4) is 0 Å². The molecule has 0 radical (unpaired) electrons. The van der Waals surface area contributed by atoms with Crippen LogP contribution in [0.1, 0.15) is 0 Å². The highest BCUT2D eigenvalue weighted by atomic mass is 16.5. The van der Waals surface area contributed by atoms with Gasteiger partial charge in [0.25, 0.3) is 5.91 Å². The van der Waals surface area contributed by atoms with E-state index in [2.05, 4.69) is 10.2 Å². The fourth-order valence-electron chi connectivity index (χ4n) is 2.03. The number of carbonyl (C=O) groups is 1. The second kappa shape index (κ2) is 5.12. The number of primary amides is 1. The molecule has 0 bridgehead atoms. The van der Waals surface area contributed by atoms with Gasteiger partial charge < -0.3 is 16.2 Å². The van der Waals surface area contributed by atoms with Gasteiger partial charge in [0.05, 0.1) is 0 Å². The summed E-state index contributed by atoms with van der Waals surface area (Å²) < 4.78 is 7.10. The Kier molecular flexibility index (Phi) is 3.15. The number of nitrogens with two attached hydrogens (primary N) is 2. The van der Waals surface area contributed by atoms with E-state index in [1.807, 2.05) is 24.4 Å². The minimum atomic E-state index is -0.549. The summed E-state index contributed by atoms with van der Waals surface area (Å²) in [6, 6.07) is 10.8. The maximum absolute atomic E-state index is 10.8. The third kappa shape index (κ3) is 2.48. The first-order valence-corrected chi connectivity index (χ1v) is 6.26. The average molecular weight is 283 g/mol. The van der Waals surface area contributed by atoms with Crippen LogP contribution in [0.2, 0.25) is 0 Å². The number of ether oxygens (including phenoxy) is 1. The fraction of sp³-hybridized carbons (Fsp3) is 0.0714. The van der Waals surface area contributed by atoms with Crippen LogP contribution in [-0.4, -0.2) is 27.1 Å². The van der Waals surface area contributed by atoms with Gasteiger partial charge in [-0.2, -0.15) is 0 Å². The lowest BCUT2D eigenvalue weighted by Crippen LogP contribution is -2.20. The molecule has 21 heavy (non-hydrogen) atoms. The highest BCUT2D eigenvalue weighted by Gasteiger charge is 2.12. The summed E-state index contributed by atoms with van der Waals surface area (Å²) in [7, 11) is 0. The van der Waals surface area contributed by atoms with Crippen molar-refractivity contribution < 1.29 is 9.53 Å². The number of fused-ring (bicyclic) bond motifs is 1. The van der Waals surface area contributed by atoms with Crippen LogP contribution in [0, 0.1) is 0 Å². The number of nitrogens with zero attached hydrogens (tertiary/aromatic N) is 3. The van der Waals surface area contributed by atoms with E-state index in [0.29, 0.717) is 22.9 Å². The maximum atomic E-state index is 10.8. The Morgan fingerprint density at radius 1 is 1.24 bits per heavy atom. The second-order valence-corrected chi connectivity index (χ2v) is 4.47. The molecule has 3 rings (SSSR count). The van der Waals surface area contributed by atoms with E-state index in [1.165, 1.54) is 0 Å². The normalized spacial score (nSPS) is 10.7. The van der Waals surface area contributed by atoms with Crippen molar-refractivity contribution in [1.82, 2.24) is 14.6 Å². The number of hydrogen-bond donors (Lipinski definition) is 2. The Hall–Kier alpha value is -3.09. The Morgan fingerprint density at radius 2 is 2.10 bits per heavy atom. The van der Waals surface area contributed by atoms with Crippen LogP contribution in [0.4, 0.5) is 5.69 Å². The van der Waals surface area contributed by atoms with Crippen molar-refractivity contribution in [3.63, 3.8) is 0 Å². The summed E-state index contributed by atoms with van der Waals surface area (Å²) in [5.74, 6) is 0.536. The number of hydrogen-bond acceptors (Lipinski definition) is 5. The molecule has 1 amide bonds. The SMILES string of the molecule is NC(=O)COc1cccn2c(-c3cccc(N)c3)nnc12. The number of anilines is 1. The lowest BCUT2D eigenvalue weighted by atomic mass is 10.2. The molecule has 0 saturated heterocycles. The first-order valence-electron chi connectivity index (χ1n) is 6.26.